The summed E-state index contributed by atoms with van der Waals surface area (Å²) in [6.45, 7) is 0. The summed E-state index contributed by atoms with van der Waals surface area (Å²) in [4.78, 5) is 7.96. The molecule has 2 bridgehead atoms. The topological polar surface area (TPSA) is 61.9 Å². The van der Waals surface area contributed by atoms with Crippen LogP contribution in [0.3, 0.4) is 0 Å². The number of fused-ring (bicyclic) bond motifs is 5. The zero-order valence-corrected chi connectivity index (χ0v) is 13.9. The highest BCUT2D eigenvalue weighted by atomic mass is 19.4. The van der Waals surface area contributed by atoms with Crippen molar-refractivity contribution in [1.29, 1.82) is 0 Å². The van der Waals surface area contributed by atoms with Crippen molar-refractivity contribution in [1.82, 2.24) is 15.3 Å². The normalized spacial score (nSPS) is 23.8. The molecular formula is C18H18F3N5. The van der Waals surface area contributed by atoms with Crippen molar-refractivity contribution >= 4 is 17.5 Å². The van der Waals surface area contributed by atoms with Gasteiger partial charge in [0.15, 0.2) is 0 Å². The van der Waals surface area contributed by atoms with Gasteiger partial charge in [0, 0.05) is 30.0 Å². The molecule has 8 heteroatoms. The summed E-state index contributed by atoms with van der Waals surface area (Å²) in [7, 11) is 0. The van der Waals surface area contributed by atoms with Crippen LogP contribution in [0.25, 0.3) is 0 Å². The predicted octanol–water partition coefficient (Wildman–Crippen LogP) is 4.29. The molecular weight excluding hydrogens is 343 g/mol. The number of aromatic nitrogens is 2. The number of hydrogen-bond acceptors (Lipinski definition) is 5. The van der Waals surface area contributed by atoms with Gasteiger partial charge in [-0.1, -0.05) is 6.07 Å². The van der Waals surface area contributed by atoms with Gasteiger partial charge in [-0.05, 0) is 48.9 Å². The molecule has 136 valence electrons. The van der Waals surface area contributed by atoms with Crippen LogP contribution in [-0.2, 0) is 6.18 Å². The third kappa shape index (κ3) is 2.78. The van der Waals surface area contributed by atoms with Crippen LogP contribution >= 0.6 is 0 Å². The fraction of sp³-hybridized carbons (Fsp3) is 0.444. The number of nitrogens with zero attached hydrogens (tertiary/aromatic N) is 2. The summed E-state index contributed by atoms with van der Waals surface area (Å²) in [6, 6.07) is 6.91. The van der Waals surface area contributed by atoms with E-state index in [1.165, 1.54) is 11.1 Å². The zero-order valence-electron chi connectivity index (χ0n) is 13.9. The van der Waals surface area contributed by atoms with E-state index in [1.54, 1.807) is 0 Å². The lowest BCUT2D eigenvalue weighted by molar-refractivity contribution is -0.137. The second-order valence-corrected chi connectivity index (χ2v) is 7.19. The standard InChI is InChI=1S/C18H18F3N5/c19-18(20,21)13-8-22-17(26-16(13)23-9-1-2-9)24-10-3-4-11-12(7-10)15-6-5-14(11)25-15/h3-4,7-9,14-15,25H,1-2,5-6H2,(H2,22,23,24,26)/t14-,15+/m1/s1. The van der Waals surface area contributed by atoms with E-state index in [-0.39, 0.29) is 17.8 Å². The Bertz CT molecular complexity index is 862. The molecule has 2 fully saturated rings. The molecule has 5 rings (SSSR count). The highest BCUT2D eigenvalue weighted by Crippen LogP contribution is 2.45. The van der Waals surface area contributed by atoms with E-state index in [2.05, 4.69) is 32.0 Å². The van der Waals surface area contributed by atoms with E-state index in [0.717, 1.165) is 37.6 Å². The highest BCUT2D eigenvalue weighted by molar-refractivity contribution is 5.60. The average molecular weight is 361 g/mol. The fourth-order valence-corrected chi connectivity index (χ4v) is 3.81. The molecule has 1 saturated heterocycles. The summed E-state index contributed by atoms with van der Waals surface area (Å²) in [5, 5.41) is 9.46. The molecule has 2 aromatic rings. The number of rotatable bonds is 4. The molecule has 3 heterocycles. The average Bonchev–Trinajstić information content (AvgIpc) is 3.17. The molecule has 1 aromatic carbocycles. The van der Waals surface area contributed by atoms with E-state index in [0.29, 0.717) is 12.1 Å². The van der Waals surface area contributed by atoms with Gasteiger partial charge in [0.05, 0.1) is 0 Å². The molecule has 1 aliphatic carbocycles. The second-order valence-electron chi connectivity index (χ2n) is 7.19. The number of benzene rings is 1. The Morgan fingerprint density at radius 1 is 1.04 bits per heavy atom. The molecule has 3 N–H and O–H groups in total. The second kappa shape index (κ2) is 5.57. The predicted molar refractivity (Wildman–Crippen MR) is 91.3 cm³/mol. The van der Waals surface area contributed by atoms with Gasteiger partial charge in [-0.25, -0.2) is 4.98 Å². The van der Waals surface area contributed by atoms with E-state index in [4.69, 9.17) is 0 Å². The Balaban J connectivity index is 1.43. The van der Waals surface area contributed by atoms with E-state index < -0.39 is 11.7 Å². The molecule has 0 unspecified atom stereocenters. The monoisotopic (exact) mass is 361 g/mol. The molecule has 2 aliphatic heterocycles. The van der Waals surface area contributed by atoms with Crippen molar-refractivity contribution in [2.45, 2.75) is 50.0 Å². The van der Waals surface area contributed by atoms with Gasteiger partial charge in [-0.3, -0.25) is 0 Å². The van der Waals surface area contributed by atoms with Crippen LogP contribution in [0.4, 0.5) is 30.6 Å². The quantitative estimate of drug-likeness (QED) is 0.758. The number of alkyl halides is 3. The molecule has 0 radical (unpaired) electrons. The van der Waals surface area contributed by atoms with Crippen LogP contribution in [0.5, 0.6) is 0 Å². The maximum Gasteiger partial charge on any atom is 0.421 e. The Labute approximate surface area is 148 Å². The van der Waals surface area contributed by atoms with Crippen LogP contribution in [0.1, 0.15) is 54.5 Å². The summed E-state index contributed by atoms with van der Waals surface area (Å²) < 4.78 is 39.5. The lowest BCUT2D eigenvalue weighted by atomic mass is 9.91. The van der Waals surface area contributed by atoms with E-state index in [9.17, 15) is 13.2 Å². The zero-order chi connectivity index (χ0) is 17.9. The molecule has 1 aromatic heterocycles. The lowest BCUT2D eigenvalue weighted by Crippen LogP contribution is -2.15. The van der Waals surface area contributed by atoms with Crippen molar-refractivity contribution in [2.24, 2.45) is 0 Å². The maximum atomic E-state index is 13.2. The highest BCUT2D eigenvalue weighted by Gasteiger charge is 2.37. The summed E-state index contributed by atoms with van der Waals surface area (Å²) >= 11 is 0. The van der Waals surface area contributed by atoms with Gasteiger partial charge in [-0.2, -0.15) is 18.2 Å². The van der Waals surface area contributed by atoms with Gasteiger partial charge in [0.2, 0.25) is 5.95 Å². The first kappa shape index (κ1) is 15.9. The molecule has 26 heavy (non-hydrogen) atoms. The van der Waals surface area contributed by atoms with Crippen molar-refractivity contribution in [3.63, 3.8) is 0 Å². The first-order valence-corrected chi connectivity index (χ1v) is 8.85. The first-order valence-electron chi connectivity index (χ1n) is 8.85. The van der Waals surface area contributed by atoms with Gasteiger partial charge in [0.25, 0.3) is 0 Å². The Hall–Kier alpha value is -2.35. The van der Waals surface area contributed by atoms with Crippen LogP contribution in [0.15, 0.2) is 24.4 Å². The van der Waals surface area contributed by atoms with Crippen LogP contribution in [0.2, 0.25) is 0 Å². The minimum atomic E-state index is -4.48. The maximum absolute atomic E-state index is 13.2. The summed E-state index contributed by atoms with van der Waals surface area (Å²) in [5.74, 6) is 0.0107. The van der Waals surface area contributed by atoms with Gasteiger partial charge >= 0.3 is 6.18 Å². The van der Waals surface area contributed by atoms with Crippen molar-refractivity contribution in [3.8, 4) is 0 Å². The molecule has 0 spiro atoms. The third-order valence-electron chi connectivity index (χ3n) is 5.25. The molecule has 3 aliphatic rings. The molecule has 2 atom stereocenters. The largest absolute Gasteiger partial charge is 0.421 e. The first-order chi connectivity index (χ1) is 12.5. The Morgan fingerprint density at radius 2 is 1.81 bits per heavy atom. The van der Waals surface area contributed by atoms with Crippen molar-refractivity contribution < 1.29 is 13.2 Å². The van der Waals surface area contributed by atoms with E-state index >= 15 is 0 Å². The smallest absolute Gasteiger partial charge is 0.367 e. The van der Waals surface area contributed by atoms with Crippen molar-refractivity contribution in [3.05, 3.63) is 41.1 Å². The number of halogens is 3. The molecule has 1 saturated carbocycles. The SMILES string of the molecule is FC(F)(F)c1cnc(Nc2ccc3c(c2)[C@@H]2CC[C@H]3N2)nc1NC1CC1. The summed E-state index contributed by atoms with van der Waals surface area (Å²) in [5.41, 5.74) is 2.53. The number of nitrogens with one attached hydrogen (secondary N) is 3. The molecule has 5 nitrogen and oxygen atoms in total. The van der Waals surface area contributed by atoms with Crippen LogP contribution in [-0.4, -0.2) is 16.0 Å². The van der Waals surface area contributed by atoms with Crippen LogP contribution < -0.4 is 16.0 Å². The van der Waals surface area contributed by atoms with Gasteiger partial charge in [-0.15, -0.1) is 0 Å². The van der Waals surface area contributed by atoms with Gasteiger partial charge < -0.3 is 16.0 Å². The number of anilines is 3. The fourth-order valence-electron chi connectivity index (χ4n) is 3.81. The number of hydrogen-bond donors (Lipinski definition) is 3. The molecule has 0 amide bonds. The lowest BCUT2D eigenvalue weighted by Gasteiger charge is -2.16. The Morgan fingerprint density at radius 3 is 2.54 bits per heavy atom. The van der Waals surface area contributed by atoms with E-state index in [1.807, 2.05) is 12.1 Å². The van der Waals surface area contributed by atoms with Gasteiger partial charge in [0.1, 0.15) is 11.4 Å². The minimum absolute atomic E-state index is 0.0699. The Kier molecular flexibility index (Phi) is 3.40. The summed E-state index contributed by atoms with van der Waals surface area (Å²) in [6.07, 6.45) is 0.371. The van der Waals surface area contributed by atoms with Crippen LogP contribution in [0, 0.1) is 0 Å². The third-order valence-corrected chi connectivity index (χ3v) is 5.25. The van der Waals surface area contributed by atoms with Crippen molar-refractivity contribution in [2.75, 3.05) is 10.6 Å². The minimum Gasteiger partial charge on any atom is -0.367 e.